The Hall–Kier alpha value is -0.640. The topological polar surface area (TPSA) is 44.5 Å². The summed E-state index contributed by atoms with van der Waals surface area (Å²) in [6.45, 7) is 8.73. The van der Waals surface area contributed by atoms with E-state index in [9.17, 15) is 0 Å². The van der Waals surface area contributed by atoms with Gasteiger partial charge in [0.15, 0.2) is 0 Å². The van der Waals surface area contributed by atoms with Crippen molar-refractivity contribution in [2.45, 2.75) is 148 Å². The second-order valence-electron chi connectivity index (χ2n) is 9.77. The lowest BCUT2D eigenvalue weighted by atomic mass is 10.1. The molecule has 0 aromatic heterocycles. The minimum Gasteiger partial charge on any atom is -0.380 e. The lowest BCUT2D eigenvalue weighted by molar-refractivity contribution is 0.0252. The zero-order valence-electron chi connectivity index (χ0n) is 22.7. The molecule has 0 bridgehead atoms. The van der Waals surface area contributed by atoms with Crippen LogP contribution in [-0.2, 0) is 9.47 Å². The minimum atomic E-state index is -0.00264. The van der Waals surface area contributed by atoms with E-state index in [-0.39, 0.29) is 6.04 Å². The lowest BCUT2D eigenvalue weighted by Crippen LogP contribution is -2.33. The van der Waals surface area contributed by atoms with Crippen LogP contribution in [0.3, 0.4) is 0 Å². The highest BCUT2D eigenvalue weighted by atomic mass is 16.5. The summed E-state index contributed by atoms with van der Waals surface area (Å²) in [7, 11) is 0. The molecular weight excluding hydrogens is 406 g/mol. The Balaban J connectivity index is 3.31. The van der Waals surface area contributed by atoms with Crippen molar-refractivity contribution in [3.8, 4) is 0 Å². The average molecular weight is 466 g/mol. The van der Waals surface area contributed by atoms with Gasteiger partial charge in [0.1, 0.15) is 0 Å². The highest BCUT2D eigenvalue weighted by Gasteiger charge is 2.07. The van der Waals surface area contributed by atoms with Crippen molar-refractivity contribution in [1.29, 1.82) is 0 Å². The van der Waals surface area contributed by atoms with Gasteiger partial charge in [-0.25, -0.2) is 0 Å². The third-order valence-electron chi connectivity index (χ3n) is 6.13. The monoisotopic (exact) mass is 465 g/mol. The van der Waals surface area contributed by atoms with Crippen LogP contribution in [0.15, 0.2) is 24.3 Å². The first-order valence-electron chi connectivity index (χ1n) is 14.5. The summed E-state index contributed by atoms with van der Waals surface area (Å²) >= 11 is 0. The molecular formula is C30H59NO2. The molecule has 0 rings (SSSR count). The van der Waals surface area contributed by atoms with Crippen LogP contribution < -0.4 is 5.73 Å². The molecule has 0 amide bonds. The number of nitrogens with two attached hydrogens (primary N) is 1. The van der Waals surface area contributed by atoms with E-state index in [1.54, 1.807) is 0 Å². The second kappa shape index (κ2) is 27.6. The van der Waals surface area contributed by atoms with Gasteiger partial charge >= 0.3 is 0 Å². The molecule has 0 aromatic rings. The molecule has 2 atom stereocenters. The molecule has 0 aromatic carbocycles. The molecule has 3 nitrogen and oxygen atoms in total. The van der Waals surface area contributed by atoms with E-state index in [1.165, 1.54) is 96.3 Å². The first-order valence-corrected chi connectivity index (χ1v) is 14.5. The lowest BCUT2D eigenvalue weighted by Gasteiger charge is -2.17. The van der Waals surface area contributed by atoms with Gasteiger partial charge in [-0.05, 0) is 51.9 Å². The number of allylic oxidation sites excluding steroid dienone is 4. The normalized spacial score (nSPS) is 13.9. The Morgan fingerprint density at radius 2 is 1.18 bits per heavy atom. The van der Waals surface area contributed by atoms with Crippen molar-refractivity contribution in [2.24, 2.45) is 5.73 Å². The van der Waals surface area contributed by atoms with Crippen LogP contribution in [0.1, 0.15) is 136 Å². The number of ether oxygens (including phenoxy) is 2. The summed E-state index contributed by atoms with van der Waals surface area (Å²) in [6.07, 6.45) is 32.7. The van der Waals surface area contributed by atoms with Crippen LogP contribution in [0.5, 0.6) is 0 Å². The van der Waals surface area contributed by atoms with Gasteiger partial charge in [-0.15, -0.1) is 0 Å². The van der Waals surface area contributed by atoms with Gasteiger partial charge in [-0.3, -0.25) is 0 Å². The third-order valence-corrected chi connectivity index (χ3v) is 6.13. The summed E-state index contributed by atoms with van der Waals surface area (Å²) in [5.41, 5.74) is 6.13. The second-order valence-corrected chi connectivity index (χ2v) is 9.77. The van der Waals surface area contributed by atoms with Gasteiger partial charge in [-0.2, -0.15) is 0 Å². The molecule has 196 valence electrons. The van der Waals surface area contributed by atoms with Crippen LogP contribution in [0.2, 0.25) is 0 Å². The maximum Gasteiger partial charge on any atom is 0.0643 e. The van der Waals surface area contributed by atoms with Gasteiger partial charge in [0, 0.05) is 6.61 Å². The zero-order chi connectivity index (χ0) is 24.2. The first kappa shape index (κ1) is 32.4. The fourth-order valence-corrected chi connectivity index (χ4v) is 3.88. The smallest absolute Gasteiger partial charge is 0.0643 e. The predicted octanol–water partition coefficient (Wildman–Crippen LogP) is 8.91. The van der Waals surface area contributed by atoms with E-state index >= 15 is 0 Å². The molecule has 0 aliphatic heterocycles. The van der Waals surface area contributed by atoms with Crippen molar-refractivity contribution in [3.63, 3.8) is 0 Å². The van der Waals surface area contributed by atoms with Gasteiger partial charge < -0.3 is 15.2 Å². The van der Waals surface area contributed by atoms with Crippen LogP contribution in [-0.4, -0.2) is 32.0 Å². The Morgan fingerprint density at radius 1 is 0.636 bits per heavy atom. The Labute approximate surface area is 208 Å². The van der Waals surface area contributed by atoms with Crippen LogP contribution in [0.25, 0.3) is 0 Å². The summed E-state index contributed by atoms with van der Waals surface area (Å²) in [4.78, 5) is 0. The fraction of sp³-hybridized carbons (Fsp3) is 0.867. The Kier molecular flexibility index (Phi) is 27.1. The number of hydrogen-bond acceptors (Lipinski definition) is 3. The Bertz CT molecular complexity index is 422. The van der Waals surface area contributed by atoms with Gasteiger partial charge in [-0.1, -0.05) is 109 Å². The van der Waals surface area contributed by atoms with Crippen LogP contribution in [0.4, 0.5) is 0 Å². The van der Waals surface area contributed by atoms with Crippen LogP contribution in [0, 0.1) is 0 Å². The zero-order valence-corrected chi connectivity index (χ0v) is 22.7. The quantitative estimate of drug-likeness (QED) is 0.102. The maximum atomic E-state index is 6.13. The van der Waals surface area contributed by atoms with Gasteiger partial charge in [0.25, 0.3) is 0 Å². The van der Waals surface area contributed by atoms with E-state index in [0.29, 0.717) is 19.3 Å². The van der Waals surface area contributed by atoms with Crippen molar-refractivity contribution in [2.75, 3.05) is 19.8 Å². The highest BCUT2D eigenvalue weighted by molar-refractivity contribution is 4.92. The van der Waals surface area contributed by atoms with Crippen LogP contribution >= 0.6 is 0 Å². The number of rotatable bonds is 26. The van der Waals surface area contributed by atoms with E-state index in [4.69, 9.17) is 15.2 Å². The molecule has 2 N–H and O–H groups in total. The third kappa shape index (κ3) is 27.5. The fourth-order valence-electron chi connectivity index (χ4n) is 3.88. The largest absolute Gasteiger partial charge is 0.380 e. The van der Waals surface area contributed by atoms with Gasteiger partial charge in [0.2, 0.25) is 0 Å². The standard InChI is InChI=1S/C30H59NO2/c1-4-6-8-10-11-12-13-14-15-16-17-18-19-20-22-24-26-32-27-30(31)28-33-29(3)25-23-21-9-7-5-2/h11-12,14-15,29-30H,4-10,13,16-28,31H2,1-3H3/b12-11-,15-14-. The highest BCUT2D eigenvalue weighted by Crippen LogP contribution is 2.10. The van der Waals surface area contributed by atoms with Crippen molar-refractivity contribution >= 4 is 0 Å². The van der Waals surface area contributed by atoms with Crippen molar-refractivity contribution < 1.29 is 9.47 Å². The van der Waals surface area contributed by atoms with Crippen molar-refractivity contribution in [1.82, 2.24) is 0 Å². The van der Waals surface area contributed by atoms with Gasteiger partial charge in [0.05, 0.1) is 25.4 Å². The summed E-state index contributed by atoms with van der Waals surface area (Å²) in [5, 5.41) is 0. The summed E-state index contributed by atoms with van der Waals surface area (Å²) in [5.74, 6) is 0. The maximum absolute atomic E-state index is 6.13. The first-order chi connectivity index (χ1) is 16.2. The molecule has 0 heterocycles. The molecule has 3 heteroatoms. The number of hydrogen-bond donors (Lipinski definition) is 1. The van der Waals surface area contributed by atoms with E-state index in [2.05, 4.69) is 45.1 Å². The number of unbranched alkanes of at least 4 members (excludes halogenated alkanes) is 13. The average Bonchev–Trinajstić information content (AvgIpc) is 2.81. The predicted molar refractivity (Wildman–Crippen MR) is 147 cm³/mol. The molecule has 0 aliphatic carbocycles. The van der Waals surface area contributed by atoms with E-state index in [0.717, 1.165) is 25.9 Å². The molecule has 33 heavy (non-hydrogen) atoms. The van der Waals surface area contributed by atoms with Crippen molar-refractivity contribution in [3.05, 3.63) is 24.3 Å². The SMILES string of the molecule is CCCCC/C=C\C/C=C\CCCCCCCCOCC(N)COC(C)CCCCCCC. The minimum absolute atomic E-state index is 0.00264. The summed E-state index contributed by atoms with van der Waals surface area (Å²) < 4.78 is 11.6. The van der Waals surface area contributed by atoms with E-state index < -0.39 is 0 Å². The molecule has 0 saturated heterocycles. The molecule has 0 spiro atoms. The molecule has 0 saturated carbocycles. The Morgan fingerprint density at radius 3 is 1.88 bits per heavy atom. The molecule has 0 fully saturated rings. The molecule has 0 aliphatic rings. The molecule has 0 radical (unpaired) electrons. The molecule has 2 unspecified atom stereocenters. The van der Waals surface area contributed by atoms with E-state index in [1.807, 2.05) is 0 Å². The summed E-state index contributed by atoms with van der Waals surface area (Å²) in [6, 6.07) is -0.00264.